The number of amides is 1. The van der Waals surface area contributed by atoms with Crippen molar-refractivity contribution < 1.29 is 24.1 Å². The first-order valence-corrected chi connectivity index (χ1v) is 7.13. The topological polar surface area (TPSA) is 77.0 Å². The zero-order valence-electron chi connectivity index (χ0n) is 11.7. The van der Waals surface area contributed by atoms with Gasteiger partial charge in [-0.2, -0.15) is 0 Å². The van der Waals surface area contributed by atoms with E-state index in [0.717, 1.165) is 0 Å². The molecule has 1 aromatic rings. The van der Waals surface area contributed by atoms with E-state index in [1.807, 2.05) is 12.1 Å². The molecule has 114 valence electrons. The maximum absolute atomic E-state index is 12.1. The SMILES string of the molecule is O=C(NCC1(O)CCOCC1)[C@@H]1COc2ccccc2O1. The summed E-state index contributed by atoms with van der Waals surface area (Å²) >= 11 is 0. The first-order valence-electron chi connectivity index (χ1n) is 7.13. The summed E-state index contributed by atoms with van der Waals surface area (Å²) in [7, 11) is 0. The van der Waals surface area contributed by atoms with Crippen LogP contribution < -0.4 is 14.8 Å². The van der Waals surface area contributed by atoms with Gasteiger partial charge in [0.05, 0.1) is 5.60 Å². The van der Waals surface area contributed by atoms with Crippen molar-refractivity contribution in [1.29, 1.82) is 0 Å². The molecule has 0 saturated carbocycles. The summed E-state index contributed by atoms with van der Waals surface area (Å²) in [6.45, 7) is 1.41. The van der Waals surface area contributed by atoms with Crippen LogP contribution in [0.15, 0.2) is 24.3 Å². The van der Waals surface area contributed by atoms with Gasteiger partial charge in [0.2, 0.25) is 6.10 Å². The molecule has 2 aliphatic heterocycles. The second-order valence-corrected chi connectivity index (χ2v) is 5.42. The van der Waals surface area contributed by atoms with Crippen molar-refractivity contribution in [3.05, 3.63) is 24.3 Å². The van der Waals surface area contributed by atoms with Crippen LogP contribution in [0.3, 0.4) is 0 Å². The molecule has 6 nitrogen and oxygen atoms in total. The van der Waals surface area contributed by atoms with Gasteiger partial charge in [-0.25, -0.2) is 0 Å². The molecule has 1 aromatic carbocycles. The van der Waals surface area contributed by atoms with Gasteiger partial charge in [0.25, 0.3) is 5.91 Å². The molecule has 0 radical (unpaired) electrons. The van der Waals surface area contributed by atoms with E-state index in [1.54, 1.807) is 12.1 Å². The number of hydrogen-bond donors (Lipinski definition) is 2. The standard InChI is InChI=1S/C15H19NO5/c17-14(16-10-15(18)5-7-19-8-6-15)13-9-20-11-3-1-2-4-12(11)21-13/h1-4,13,18H,5-10H2,(H,16,17)/t13-/m0/s1. The largest absolute Gasteiger partial charge is 0.485 e. The van der Waals surface area contributed by atoms with Gasteiger partial charge in [0.15, 0.2) is 11.5 Å². The number of fused-ring (bicyclic) bond motifs is 1. The minimum absolute atomic E-state index is 0.171. The predicted octanol–water partition coefficient (Wildman–Crippen LogP) is 0.484. The highest BCUT2D eigenvalue weighted by Crippen LogP contribution is 2.30. The van der Waals surface area contributed by atoms with Crippen LogP contribution in [0.5, 0.6) is 11.5 Å². The number of ether oxygens (including phenoxy) is 3. The minimum atomic E-state index is -0.888. The molecule has 1 fully saturated rings. The Kier molecular flexibility index (Phi) is 3.98. The van der Waals surface area contributed by atoms with Crippen LogP contribution in [-0.2, 0) is 9.53 Å². The highest BCUT2D eigenvalue weighted by Gasteiger charge is 2.33. The minimum Gasteiger partial charge on any atom is -0.485 e. The van der Waals surface area contributed by atoms with Crippen LogP contribution in [0.2, 0.25) is 0 Å². The van der Waals surface area contributed by atoms with Crippen molar-refractivity contribution in [3.63, 3.8) is 0 Å². The predicted molar refractivity (Wildman–Crippen MR) is 74.4 cm³/mol. The zero-order valence-corrected chi connectivity index (χ0v) is 11.7. The van der Waals surface area contributed by atoms with Gasteiger partial charge in [-0.3, -0.25) is 4.79 Å². The Labute approximate surface area is 123 Å². The van der Waals surface area contributed by atoms with Crippen LogP contribution in [0.1, 0.15) is 12.8 Å². The van der Waals surface area contributed by atoms with Crippen LogP contribution in [-0.4, -0.2) is 49.1 Å². The molecule has 1 amide bonds. The first-order chi connectivity index (χ1) is 10.2. The average molecular weight is 293 g/mol. The summed E-state index contributed by atoms with van der Waals surface area (Å²) in [6.07, 6.45) is 0.361. The van der Waals surface area contributed by atoms with E-state index in [9.17, 15) is 9.90 Å². The van der Waals surface area contributed by atoms with Crippen molar-refractivity contribution in [1.82, 2.24) is 5.32 Å². The van der Waals surface area contributed by atoms with E-state index < -0.39 is 11.7 Å². The van der Waals surface area contributed by atoms with E-state index in [4.69, 9.17) is 14.2 Å². The van der Waals surface area contributed by atoms with Gasteiger partial charge in [0, 0.05) is 32.6 Å². The molecule has 0 aromatic heterocycles. The van der Waals surface area contributed by atoms with Crippen LogP contribution in [0.25, 0.3) is 0 Å². The monoisotopic (exact) mass is 293 g/mol. The number of para-hydroxylation sites is 2. The van der Waals surface area contributed by atoms with Gasteiger partial charge in [0.1, 0.15) is 6.61 Å². The molecule has 2 heterocycles. The molecular formula is C15H19NO5. The van der Waals surface area contributed by atoms with Crippen LogP contribution in [0, 0.1) is 0 Å². The van der Waals surface area contributed by atoms with Gasteiger partial charge in [-0.05, 0) is 12.1 Å². The van der Waals surface area contributed by atoms with Crippen molar-refractivity contribution in [2.24, 2.45) is 0 Å². The van der Waals surface area contributed by atoms with E-state index in [-0.39, 0.29) is 19.1 Å². The molecule has 2 N–H and O–H groups in total. The van der Waals surface area contributed by atoms with Gasteiger partial charge in [-0.15, -0.1) is 0 Å². The number of rotatable bonds is 3. The summed E-state index contributed by atoms with van der Waals surface area (Å²) in [5.74, 6) is 0.933. The number of carbonyl (C=O) groups is 1. The second-order valence-electron chi connectivity index (χ2n) is 5.42. The number of nitrogens with one attached hydrogen (secondary N) is 1. The Bertz CT molecular complexity index is 513. The summed E-state index contributed by atoms with van der Waals surface area (Å²) < 4.78 is 16.3. The van der Waals surface area contributed by atoms with E-state index in [1.165, 1.54) is 0 Å². The molecule has 3 rings (SSSR count). The van der Waals surface area contributed by atoms with Gasteiger partial charge < -0.3 is 24.6 Å². The van der Waals surface area contributed by atoms with Crippen LogP contribution >= 0.6 is 0 Å². The highest BCUT2D eigenvalue weighted by molar-refractivity contribution is 5.81. The summed E-state index contributed by atoms with van der Waals surface area (Å²) in [6, 6.07) is 7.24. The first kappa shape index (κ1) is 14.2. The lowest BCUT2D eigenvalue weighted by atomic mass is 9.94. The second kappa shape index (κ2) is 5.91. The lowest BCUT2D eigenvalue weighted by Crippen LogP contribution is -2.51. The highest BCUT2D eigenvalue weighted by atomic mass is 16.6. The fourth-order valence-corrected chi connectivity index (χ4v) is 2.44. The van der Waals surface area contributed by atoms with Crippen molar-refractivity contribution in [2.75, 3.05) is 26.4 Å². The molecule has 0 bridgehead atoms. The Morgan fingerprint density at radius 1 is 1.29 bits per heavy atom. The molecule has 6 heteroatoms. The van der Waals surface area contributed by atoms with E-state index in [2.05, 4.69) is 5.32 Å². The fourth-order valence-electron chi connectivity index (χ4n) is 2.44. The number of benzene rings is 1. The Hall–Kier alpha value is -1.79. The van der Waals surface area contributed by atoms with Gasteiger partial charge in [-0.1, -0.05) is 12.1 Å². The molecule has 2 aliphatic rings. The molecule has 0 aliphatic carbocycles. The average Bonchev–Trinajstić information content (AvgIpc) is 2.53. The molecule has 0 unspecified atom stereocenters. The molecule has 0 spiro atoms. The van der Waals surface area contributed by atoms with Crippen molar-refractivity contribution in [2.45, 2.75) is 24.5 Å². The maximum atomic E-state index is 12.1. The third-order valence-corrected chi connectivity index (χ3v) is 3.82. The lowest BCUT2D eigenvalue weighted by molar-refractivity contribution is -0.133. The maximum Gasteiger partial charge on any atom is 0.264 e. The third kappa shape index (κ3) is 3.28. The number of carbonyl (C=O) groups excluding carboxylic acids is 1. The summed E-state index contributed by atoms with van der Waals surface area (Å²) in [5.41, 5.74) is -0.888. The Morgan fingerprint density at radius 2 is 2.00 bits per heavy atom. The molecule has 1 atom stereocenters. The Morgan fingerprint density at radius 3 is 2.76 bits per heavy atom. The van der Waals surface area contributed by atoms with E-state index >= 15 is 0 Å². The lowest BCUT2D eigenvalue weighted by Gasteiger charge is -2.33. The van der Waals surface area contributed by atoms with Crippen molar-refractivity contribution in [3.8, 4) is 11.5 Å². The van der Waals surface area contributed by atoms with E-state index in [0.29, 0.717) is 37.6 Å². The fraction of sp³-hybridized carbons (Fsp3) is 0.533. The quantitative estimate of drug-likeness (QED) is 0.848. The molecule has 21 heavy (non-hydrogen) atoms. The van der Waals surface area contributed by atoms with Crippen LogP contribution in [0.4, 0.5) is 0 Å². The smallest absolute Gasteiger partial charge is 0.264 e. The summed E-state index contributed by atoms with van der Waals surface area (Å²) in [5, 5.41) is 13.1. The van der Waals surface area contributed by atoms with Crippen molar-refractivity contribution >= 4 is 5.91 Å². The normalized spacial score (nSPS) is 23.4. The molecular weight excluding hydrogens is 274 g/mol. The zero-order chi connectivity index (χ0) is 14.7. The Balaban J connectivity index is 1.55. The number of aliphatic hydroxyl groups is 1. The van der Waals surface area contributed by atoms with Gasteiger partial charge >= 0.3 is 0 Å². The summed E-state index contributed by atoms with van der Waals surface area (Å²) in [4.78, 5) is 12.1. The third-order valence-electron chi connectivity index (χ3n) is 3.82. The number of hydrogen-bond acceptors (Lipinski definition) is 5. The molecule has 1 saturated heterocycles.